The van der Waals surface area contributed by atoms with Crippen molar-refractivity contribution in [1.29, 1.82) is 0 Å². The van der Waals surface area contributed by atoms with Gasteiger partial charge in [0.05, 0.1) is 16.9 Å². The number of benzene rings is 1. The molecule has 1 aromatic heterocycles. The zero-order chi connectivity index (χ0) is 15.6. The SMILES string of the molecule is CCCc1nn(C)c(Nc2cccc(C(F)(F)F)c2)c1N. The largest absolute Gasteiger partial charge is 0.416 e. The summed E-state index contributed by atoms with van der Waals surface area (Å²) in [6.07, 6.45) is -2.75. The number of nitrogens with one attached hydrogen (secondary N) is 1. The fourth-order valence-electron chi connectivity index (χ4n) is 2.08. The molecule has 0 unspecified atom stereocenters. The third kappa shape index (κ3) is 3.29. The van der Waals surface area contributed by atoms with Crippen molar-refractivity contribution in [1.82, 2.24) is 9.78 Å². The summed E-state index contributed by atoms with van der Waals surface area (Å²) in [5.74, 6) is 0.498. The second-order valence-corrected chi connectivity index (χ2v) is 4.79. The number of aryl methyl sites for hydroxylation is 2. The van der Waals surface area contributed by atoms with Crippen LogP contribution in [-0.4, -0.2) is 9.78 Å². The summed E-state index contributed by atoms with van der Waals surface area (Å²) in [7, 11) is 1.70. The van der Waals surface area contributed by atoms with E-state index in [1.54, 1.807) is 17.8 Å². The van der Waals surface area contributed by atoms with Crippen LogP contribution in [0, 0.1) is 0 Å². The van der Waals surface area contributed by atoms with Gasteiger partial charge in [-0.15, -0.1) is 0 Å². The zero-order valence-electron chi connectivity index (χ0n) is 11.8. The summed E-state index contributed by atoms with van der Waals surface area (Å²) >= 11 is 0. The van der Waals surface area contributed by atoms with E-state index >= 15 is 0 Å². The minimum absolute atomic E-state index is 0.322. The van der Waals surface area contributed by atoms with Crippen molar-refractivity contribution in [3.05, 3.63) is 35.5 Å². The van der Waals surface area contributed by atoms with Crippen LogP contribution in [0.25, 0.3) is 0 Å². The Kier molecular flexibility index (Phi) is 4.11. The van der Waals surface area contributed by atoms with E-state index in [1.165, 1.54) is 6.07 Å². The van der Waals surface area contributed by atoms with Crippen LogP contribution in [0.15, 0.2) is 24.3 Å². The van der Waals surface area contributed by atoms with Crippen molar-refractivity contribution < 1.29 is 13.2 Å². The maximum Gasteiger partial charge on any atom is 0.416 e. The number of anilines is 3. The van der Waals surface area contributed by atoms with Crippen molar-refractivity contribution in [2.45, 2.75) is 25.9 Å². The Morgan fingerprint density at radius 2 is 2.05 bits per heavy atom. The molecule has 1 heterocycles. The number of rotatable bonds is 4. The van der Waals surface area contributed by atoms with Gasteiger partial charge >= 0.3 is 6.18 Å². The lowest BCUT2D eigenvalue weighted by atomic mass is 10.2. The molecule has 7 heteroatoms. The average Bonchev–Trinajstić information content (AvgIpc) is 2.66. The smallest absolute Gasteiger partial charge is 0.394 e. The van der Waals surface area contributed by atoms with Crippen LogP contribution in [0.2, 0.25) is 0 Å². The van der Waals surface area contributed by atoms with E-state index in [4.69, 9.17) is 5.73 Å². The molecule has 114 valence electrons. The first-order valence-corrected chi connectivity index (χ1v) is 6.58. The number of alkyl halides is 3. The molecule has 2 aromatic rings. The molecule has 0 aliphatic rings. The van der Waals surface area contributed by atoms with E-state index < -0.39 is 11.7 Å². The number of hydrogen-bond acceptors (Lipinski definition) is 3. The Bertz CT molecular complexity index is 632. The number of nitrogens with two attached hydrogens (primary N) is 1. The van der Waals surface area contributed by atoms with Crippen LogP contribution in [0.5, 0.6) is 0 Å². The highest BCUT2D eigenvalue weighted by Gasteiger charge is 2.30. The molecule has 0 aliphatic heterocycles. The van der Waals surface area contributed by atoms with E-state index in [-0.39, 0.29) is 0 Å². The van der Waals surface area contributed by atoms with Crippen molar-refractivity contribution in [3.8, 4) is 0 Å². The van der Waals surface area contributed by atoms with E-state index in [9.17, 15) is 13.2 Å². The number of hydrogen-bond donors (Lipinski definition) is 2. The van der Waals surface area contributed by atoms with E-state index in [2.05, 4.69) is 10.4 Å². The number of halogens is 3. The summed E-state index contributed by atoms with van der Waals surface area (Å²) in [5, 5.41) is 7.18. The minimum Gasteiger partial charge on any atom is -0.394 e. The molecule has 3 N–H and O–H groups in total. The van der Waals surface area contributed by atoms with E-state index in [0.29, 0.717) is 17.2 Å². The standard InChI is InChI=1S/C14H17F3N4/c1-3-5-11-12(18)13(21(2)20-11)19-10-7-4-6-9(8-10)14(15,16)17/h4,6-8,19H,3,5,18H2,1-2H3. The number of nitrogen functional groups attached to an aromatic ring is 1. The average molecular weight is 298 g/mol. The predicted octanol–water partition coefficient (Wildman–Crippen LogP) is 3.72. The molecule has 0 aliphatic carbocycles. The number of nitrogens with zero attached hydrogens (tertiary/aromatic N) is 2. The second kappa shape index (κ2) is 5.67. The number of aromatic nitrogens is 2. The van der Waals surface area contributed by atoms with Gasteiger partial charge in [-0.1, -0.05) is 19.4 Å². The Hall–Kier alpha value is -2.18. The van der Waals surface area contributed by atoms with Crippen molar-refractivity contribution in [2.24, 2.45) is 7.05 Å². The summed E-state index contributed by atoms with van der Waals surface area (Å²) in [5.41, 5.74) is 6.82. The first kappa shape index (κ1) is 15.2. The summed E-state index contributed by atoms with van der Waals surface area (Å²) in [6.45, 7) is 2.01. The molecule has 0 fully saturated rings. The van der Waals surface area contributed by atoms with Crippen molar-refractivity contribution in [2.75, 3.05) is 11.1 Å². The summed E-state index contributed by atoms with van der Waals surface area (Å²) < 4.78 is 39.6. The molecule has 0 saturated carbocycles. The zero-order valence-corrected chi connectivity index (χ0v) is 11.8. The topological polar surface area (TPSA) is 55.9 Å². The molecule has 21 heavy (non-hydrogen) atoms. The molecule has 4 nitrogen and oxygen atoms in total. The fraction of sp³-hybridized carbons (Fsp3) is 0.357. The third-order valence-electron chi connectivity index (χ3n) is 3.10. The van der Waals surface area contributed by atoms with Crippen molar-refractivity contribution in [3.63, 3.8) is 0 Å². The summed E-state index contributed by atoms with van der Waals surface area (Å²) in [6, 6.07) is 4.98. The van der Waals surface area contributed by atoms with Gasteiger partial charge in [0.2, 0.25) is 0 Å². The Morgan fingerprint density at radius 3 is 2.67 bits per heavy atom. The van der Waals surface area contributed by atoms with Gasteiger partial charge < -0.3 is 11.1 Å². The first-order chi connectivity index (χ1) is 9.82. The Balaban J connectivity index is 2.30. The van der Waals surface area contributed by atoms with Gasteiger partial charge in [-0.3, -0.25) is 4.68 Å². The van der Waals surface area contributed by atoms with Crippen LogP contribution >= 0.6 is 0 Å². The third-order valence-corrected chi connectivity index (χ3v) is 3.10. The van der Waals surface area contributed by atoms with Crippen molar-refractivity contribution >= 4 is 17.2 Å². The lowest BCUT2D eigenvalue weighted by molar-refractivity contribution is -0.137. The Morgan fingerprint density at radius 1 is 1.33 bits per heavy atom. The monoisotopic (exact) mass is 298 g/mol. The van der Waals surface area contributed by atoms with Crippen LogP contribution < -0.4 is 11.1 Å². The van der Waals surface area contributed by atoms with Crippen LogP contribution in [0.4, 0.5) is 30.4 Å². The highest BCUT2D eigenvalue weighted by molar-refractivity contribution is 5.71. The summed E-state index contributed by atoms with van der Waals surface area (Å²) in [4.78, 5) is 0. The molecule has 0 saturated heterocycles. The molecule has 0 radical (unpaired) electrons. The quantitative estimate of drug-likeness (QED) is 0.904. The molecule has 0 spiro atoms. The molecule has 2 rings (SSSR count). The van der Waals surface area contributed by atoms with Crippen LogP contribution in [0.1, 0.15) is 24.6 Å². The van der Waals surface area contributed by atoms with E-state index in [1.807, 2.05) is 6.92 Å². The first-order valence-electron chi connectivity index (χ1n) is 6.58. The van der Waals surface area contributed by atoms with Crippen LogP contribution in [0.3, 0.4) is 0 Å². The molecular formula is C14H17F3N4. The van der Waals surface area contributed by atoms with Gasteiger partial charge in [0.1, 0.15) is 0 Å². The maximum atomic E-state index is 12.7. The molecule has 0 bridgehead atoms. The van der Waals surface area contributed by atoms with E-state index in [0.717, 1.165) is 30.7 Å². The molecule has 0 amide bonds. The molecule has 0 atom stereocenters. The fourth-order valence-corrected chi connectivity index (χ4v) is 2.08. The van der Waals surface area contributed by atoms with Gasteiger partial charge in [0, 0.05) is 12.7 Å². The van der Waals surface area contributed by atoms with Gasteiger partial charge in [-0.2, -0.15) is 18.3 Å². The highest BCUT2D eigenvalue weighted by atomic mass is 19.4. The van der Waals surface area contributed by atoms with Gasteiger partial charge in [-0.05, 0) is 24.6 Å². The van der Waals surface area contributed by atoms with Gasteiger partial charge in [0.15, 0.2) is 5.82 Å². The minimum atomic E-state index is -4.37. The lowest BCUT2D eigenvalue weighted by Crippen LogP contribution is -2.06. The lowest BCUT2D eigenvalue weighted by Gasteiger charge is -2.11. The highest BCUT2D eigenvalue weighted by Crippen LogP contribution is 2.32. The van der Waals surface area contributed by atoms with Gasteiger partial charge in [0.25, 0.3) is 0 Å². The van der Waals surface area contributed by atoms with Crippen LogP contribution in [-0.2, 0) is 19.6 Å². The predicted molar refractivity (Wildman–Crippen MR) is 76.3 cm³/mol. The normalized spacial score (nSPS) is 11.7. The molecular weight excluding hydrogens is 281 g/mol. The van der Waals surface area contributed by atoms with Gasteiger partial charge in [-0.25, -0.2) is 0 Å². The maximum absolute atomic E-state index is 12.7. The molecule has 1 aromatic carbocycles. The second-order valence-electron chi connectivity index (χ2n) is 4.79. The Labute approximate surface area is 120 Å².